The van der Waals surface area contributed by atoms with Crippen LogP contribution in [0.5, 0.6) is 0 Å². The number of hydrogen-bond acceptors (Lipinski definition) is 4. The van der Waals surface area contributed by atoms with Gasteiger partial charge in [-0.1, -0.05) is 0 Å². The Morgan fingerprint density at radius 2 is 1.94 bits per heavy atom. The van der Waals surface area contributed by atoms with Crippen LogP contribution >= 0.6 is 0 Å². The zero-order valence-electron chi connectivity index (χ0n) is 12.1. The highest BCUT2D eigenvalue weighted by Crippen LogP contribution is 2.30. The van der Waals surface area contributed by atoms with Crippen molar-refractivity contribution in [2.45, 2.75) is 65.3 Å². The van der Waals surface area contributed by atoms with Crippen LogP contribution in [0.2, 0.25) is 0 Å². The average Bonchev–Trinajstić information content (AvgIpc) is 2.36. The lowest BCUT2D eigenvalue weighted by Crippen LogP contribution is -2.50. The van der Waals surface area contributed by atoms with Crippen LogP contribution in [0.1, 0.15) is 48.0 Å². The van der Waals surface area contributed by atoms with Crippen LogP contribution in [-0.4, -0.2) is 40.8 Å². The molecule has 1 saturated heterocycles. The van der Waals surface area contributed by atoms with Gasteiger partial charge in [-0.15, -0.1) is 0 Å². The van der Waals surface area contributed by atoms with Crippen molar-refractivity contribution in [3.8, 4) is 0 Å². The van der Waals surface area contributed by atoms with Gasteiger partial charge in [0.15, 0.2) is 0 Å². The molecule has 1 heterocycles. The molecule has 0 aromatic rings. The van der Waals surface area contributed by atoms with E-state index in [2.05, 4.69) is 0 Å². The molecule has 1 aliphatic heterocycles. The fourth-order valence-electron chi connectivity index (χ4n) is 2.05. The van der Waals surface area contributed by atoms with Gasteiger partial charge in [0.2, 0.25) is 0 Å². The molecule has 5 nitrogen and oxygen atoms in total. The van der Waals surface area contributed by atoms with Crippen molar-refractivity contribution >= 4 is 11.9 Å². The largest absolute Gasteiger partial charge is 0.444 e. The van der Waals surface area contributed by atoms with Crippen molar-refractivity contribution in [3.05, 3.63) is 0 Å². The molecule has 1 amide bonds. The second-order valence-corrected chi connectivity index (χ2v) is 6.17. The van der Waals surface area contributed by atoms with Gasteiger partial charge in [-0.25, -0.2) is 4.79 Å². The average molecular weight is 257 g/mol. The molecular formula is C13H23NO4. The van der Waals surface area contributed by atoms with Crippen LogP contribution in [0.3, 0.4) is 0 Å². The van der Waals surface area contributed by atoms with Crippen LogP contribution in [0, 0.1) is 0 Å². The molecule has 0 N–H and O–H groups in total. The van der Waals surface area contributed by atoms with E-state index >= 15 is 0 Å². The van der Waals surface area contributed by atoms with Crippen molar-refractivity contribution in [3.63, 3.8) is 0 Å². The van der Waals surface area contributed by atoms with E-state index in [9.17, 15) is 9.59 Å². The molecule has 0 aromatic heterocycles. The summed E-state index contributed by atoms with van der Waals surface area (Å²) in [6.07, 6.45) is -0.140. The summed E-state index contributed by atoms with van der Waals surface area (Å²) in [4.78, 5) is 24.9. The molecule has 0 saturated carbocycles. The molecule has 1 fully saturated rings. The van der Waals surface area contributed by atoms with Crippen LogP contribution in [0.4, 0.5) is 4.79 Å². The summed E-state index contributed by atoms with van der Waals surface area (Å²) in [5.41, 5.74) is -1.29. The first kappa shape index (κ1) is 15.0. The third-order valence-corrected chi connectivity index (χ3v) is 2.69. The minimum Gasteiger partial charge on any atom is -0.444 e. The first-order chi connectivity index (χ1) is 8.03. The molecule has 0 spiro atoms. The number of ether oxygens (including phenoxy) is 2. The Hall–Kier alpha value is -1.10. The van der Waals surface area contributed by atoms with E-state index in [-0.39, 0.29) is 11.8 Å². The topological polar surface area (TPSA) is 55.8 Å². The number of hydrogen-bond donors (Lipinski definition) is 0. The summed E-state index contributed by atoms with van der Waals surface area (Å²) in [5, 5.41) is 0. The van der Waals surface area contributed by atoms with Crippen molar-refractivity contribution in [2.75, 3.05) is 6.61 Å². The quantitative estimate of drug-likeness (QED) is 0.762. The maximum Gasteiger partial charge on any atom is 0.412 e. The second-order valence-electron chi connectivity index (χ2n) is 6.17. The number of carbonyl (C=O) groups excluding carboxylic acids is 2. The minimum atomic E-state index is -0.734. The molecule has 0 aliphatic carbocycles. The highest BCUT2D eigenvalue weighted by Gasteiger charge is 2.45. The van der Waals surface area contributed by atoms with Crippen LogP contribution in [0.15, 0.2) is 0 Å². The SMILES string of the molecule is CC(=O)C[C@H]1COC(C)(C)N1C(=O)OC(C)(C)C. The van der Waals surface area contributed by atoms with Crippen molar-refractivity contribution in [2.24, 2.45) is 0 Å². The monoisotopic (exact) mass is 257 g/mol. The van der Waals surface area contributed by atoms with Gasteiger partial charge >= 0.3 is 6.09 Å². The third kappa shape index (κ3) is 3.70. The van der Waals surface area contributed by atoms with Gasteiger partial charge in [0.25, 0.3) is 0 Å². The molecule has 1 atom stereocenters. The Bertz CT molecular complexity index is 343. The van der Waals surface area contributed by atoms with Crippen molar-refractivity contribution in [1.29, 1.82) is 0 Å². The Kier molecular flexibility index (Phi) is 4.05. The first-order valence-corrected chi connectivity index (χ1v) is 6.18. The van der Waals surface area contributed by atoms with E-state index in [0.29, 0.717) is 13.0 Å². The Balaban J connectivity index is 2.85. The number of ketones is 1. The minimum absolute atomic E-state index is 0.0369. The van der Waals surface area contributed by atoms with Crippen molar-refractivity contribution < 1.29 is 19.1 Å². The van der Waals surface area contributed by atoms with Gasteiger partial charge in [0.1, 0.15) is 17.1 Å². The van der Waals surface area contributed by atoms with Crippen LogP contribution < -0.4 is 0 Å². The lowest BCUT2D eigenvalue weighted by atomic mass is 10.1. The maximum absolute atomic E-state index is 12.2. The molecular weight excluding hydrogens is 234 g/mol. The molecule has 1 rings (SSSR count). The summed E-state index contributed by atoms with van der Waals surface area (Å²) in [6.45, 7) is 10.9. The third-order valence-electron chi connectivity index (χ3n) is 2.69. The van der Waals surface area contributed by atoms with E-state index < -0.39 is 17.4 Å². The van der Waals surface area contributed by atoms with Gasteiger partial charge in [-0.3, -0.25) is 9.69 Å². The fraction of sp³-hybridized carbons (Fsp3) is 0.846. The number of rotatable bonds is 2. The first-order valence-electron chi connectivity index (χ1n) is 6.18. The van der Waals surface area contributed by atoms with Gasteiger partial charge in [-0.2, -0.15) is 0 Å². The Labute approximate surface area is 108 Å². The molecule has 1 aliphatic rings. The molecule has 0 radical (unpaired) electrons. The highest BCUT2D eigenvalue weighted by atomic mass is 16.6. The van der Waals surface area contributed by atoms with Gasteiger partial charge in [0, 0.05) is 6.42 Å². The molecule has 0 unspecified atom stereocenters. The van der Waals surface area contributed by atoms with E-state index in [4.69, 9.17) is 9.47 Å². The molecule has 0 aromatic carbocycles. The van der Waals surface area contributed by atoms with Crippen molar-refractivity contribution in [1.82, 2.24) is 4.90 Å². The number of carbonyl (C=O) groups is 2. The van der Waals surface area contributed by atoms with E-state index in [1.807, 2.05) is 20.8 Å². The van der Waals surface area contributed by atoms with Gasteiger partial charge < -0.3 is 9.47 Å². The second kappa shape index (κ2) is 4.88. The molecule has 104 valence electrons. The van der Waals surface area contributed by atoms with E-state index in [0.717, 1.165) is 0 Å². The summed E-state index contributed by atoms with van der Waals surface area (Å²) in [6, 6.07) is -0.243. The predicted octanol–water partition coefficient (Wildman–Crippen LogP) is 2.34. The summed E-state index contributed by atoms with van der Waals surface area (Å²) in [7, 11) is 0. The normalized spacial score (nSPS) is 23.0. The summed E-state index contributed by atoms with van der Waals surface area (Å²) >= 11 is 0. The van der Waals surface area contributed by atoms with E-state index in [1.165, 1.54) is 11.8 Å². The number of Topliss-reactive ketones (excluding diaryl/α,β-unsaturated/α-hetero) is 1. The lowest BCUT2D eigenvalue weighted by Gasteiger charge is -2.34. The lowest BCUT2D eigenvalue weighted by molar-refractivity contribution is -0.118. The van der Waals surface area contributed by atoms with Crippen LogP contribution in [-0.2, 0) is 14.3 Å². The zero-order valence-corrected chi connectivity index (χ0v) is 12.1. The van der Waals surface area contributed by atoms with E-state index in [1.54, 1.807) is 13.8 Å². The Morgan fingerprint density at radius 1 is 1.39 bits per heavy atom. The summed E-state index contributed by atoms with van der Waals surface area (Å²) < 4.78 is 10.9. The van der Waals surface area contributed by atoms with Gasteiger partial charge in [0.05, 0.1) is 12.6 Å². The molecule has 5 heteroatoms. The fourth-order valence-corrected chi connectivity index (χ4v) is 2.05. The smallest absolute Gasteiger partial charge is 0.412 e. The number of amides is 1. The summed E-state index contributed by atoms with van der Waals surface area (Å²) in [5.74, 6) is 0.0369. The zero-order chi connectivity index (χ0) is 14.1. The molecule has 18 heavy (non-hydrogen) atoms. The number of nitrogens with zero attached hydrogens (tertiary/aromatic N) is 1. The maximum atomic E-state index is 12.2. The Morgan fingerprint density at radius 3 is 2.39 bits per heavy atom. The highest BCUT2D eigenvalue weighted by molar-refractivity contribution is 5.77. The standard InChI is InChI=1S/C13H23NO4/c1-9(15)7-10-8-17-13(5,6)14(10)11(16)18-12(2,3)4/h10H,7-8H2,1-6H3/t10-/m0/s1. The molecule has 0 bridgehead atoms. The van der Waals surface area contributed by atoms with Crippen LogP contribution in [0.25, 0.3) is 0 Å². The predicted molar refractivity (Wildman–Crippen MR) is 67.2 cm³/mol. The van der Waals surface area contributed by atoms with Gasteiger partial charge in [-0.05, 0) is 41.5 Å².